The van der Waals surface area contributed by atoms with Gasteiger partial charge in [0, 0.05) is 6.07 Å². The molecule has 3 aromatic rings. The summed E-state index contributed by atoms with van der Waals surface area (Å²) in [6.07, 6.45) is 15.2. The Morgan fingerprint density at radius 3 is 2.20 bits per heavy atom. The Balaban J connectivity index is 1.09. The van der Waals surface area contributed by atoms with Crippen LogP contribution in [-0.2, 0) is 18.3 Å². The second-order valence-corrected chi connectivity index (χ2v) is 16.1. The summed E-state index contributed by atoms with van der Waals surface area (Å²) in [7, 11) is -5.00. The number of rotatable bonds is 25. The highest BCUT2D eigenvalue weighted by atomic mass is 31.2. The van der Waals surface area contributed by atoms with Gasteiger partial charge in [0.25, 0.3) is 0 Å². The monoisotopic (exact) mass is 784 g/mol. The maximum absolute atomic E-state index is 14.2. The Bertz CT molecular complexity index is 1850. The molecule has 1 aromatic carbocycles. The van der Waals surface area contributed by atoms with Crippen LogP contribution >= 0.6 is 7.82 Å². The quantitative estimate of drug-likeness (QED) is 0.0488. The molecule has 2 unspecified atom stereocenters. The molecule has 55 heavy (non-hydrogen) atoms. The van der Waals surface area contributed by atoms with Crippen LogP contribution in [-0.4, -0.2) is 65.8 Å². The molecule has 0 bridgehead atoms. The van der Waals surface area contributed by atoms with Crippen molar-refractivity contribution in [3.05, 3.63) is 53.7 Å². The maximum Gasteiger partial charge on any atom is 0.472 e. The minimum absolute atomic E-state index is 0.0458. The summed E-state index contributed by atoms with van der Waals surface area (Å²) in [5, 5.41) is 46.0. The van der Waals surface area contributed by atoms with E-state index in [1.54, 1.807) is 18.2 Å². The number of aromatic nitrogens is 3. The van der Waals surface area contributed by atoms with Crippen molar-refractivity contribution in [3.8, 4) is 17.9 Å². The molecule has 0 amide bonds. The SMILES string of the molecule is CCCCCCCCCCCCCCCCCC[C@@H](COP(=O)(O)OC1[C@@]2(C#N)O[C@@H](c3ccc4c(N)ncnn34)[C@H](O)[C@@]12O)Oc1cc(F)cc(C#N)c1. The number of aliphatic hydroxyl groups excluding tert-OH is 1. The zero-order valence-corrected chi connectivity index (χ0v) is 32.4. The van der Waals surface area contributed by atoms with Gasteiger partial charge in [0.05, 0.1) is 23.9 Å². The van der Waals surface area contributed by atoms with Crippen LogP contribution < -0.4 is 10.5 Å². The van der Waals surface area contributed by atoms with Crippen molar-refractivity contribution in [2.45, 2.75) is 152 Å². The number of phosphoric acid groups is 1. The van der Waals surface area contributed by atoms with Crippen LogP contribution in [0.5, 0.6) is 5.75 Å². The summed E-state index contributed by atoms with van der Waals surface area (Å²) in [4.78, 5) is 14.6. The first-order valence-electron chi connectivity index (χ1n) is 19.6. The summed E-state index contributed by atoms with van der Waals surface area (Å²) in [5.74, 6) is -0.465. The fourth-order valence-electron chi connectivity index (χ4n) is 7.51. The second kappa shape index (κ2) is 19.5. The molecule has 5 N–H and O–H groups in total. The predicted octanol–water partition coefficient (Wildman–Crippen LogP) is 7.36. The van der Waals surface area contributed by atoms with Gasteiger partial charge in [0.1, 0.15) is 47.8 Å². The third-order valence-electron chi connectivity index (χ3n) is 10.6. The summed E-state index contributed by atoms with van der Waals surface area (Å²) >= 11 is 0. The highest BCUT2D eigenvalue weighted by Gasteiger charge is 2.90. The number of unbranched alkanes of at least 4 members (excludes halogenated alkanes) is 15. The van der Waals surface area contributed by atoms with E-state index >= 15 is 0 Å². The van der Waals surface area contributed by atoms with Crippen molar-refractivity contribution in [2.75, 3.05) is 12.3 Å². The number of hydrogen-bond acceptors (Lipinski definition) is 12. The molecule has 14 nitrogen and oxygen atoms in total. The van der Waals surface area contributed by atoms with Gasteiger partial charge < -0.3 is 30.3 Å². The first-order valence-corrected chi connectivity index (χ1v) is 21.1. The number of nitrogens with zero attached hydrogens (tertiary/aromatic N) is 5. The molecule has 2 fully saturated rings. The van der Waals surface area contributed by atoms with E-state index in [0.29, 0.717) is 18.4 Å². The van der Waals surface area contributed by atoms with Crippen LogP contribution in [0.1, 0.15) is 133 Å². The van der Waals surface area contributed by atoms with Crippen molar-refractivity contribution >= 4 is 19.2 Å². The summed E-state index contributed by atoms with van der Waals surface area (Å²) in [5.41, 5.74) is 2.04. The Hall–Kier alpha value is -3.66. The van der Waals surface area contributed by atoms with Crippen molar-refractivity contribution in [1.82, 2.24) is 14.6 Å². The van der Waals surface area contributed by atoms with Crippen LogP contribution in [0.4, 0.5) is 10.2 Å². The number of nitrogen functional groups attached to an aromatic ring is 1. The number of benzene rings is 1. The van der Waals surface area contributed by atoms with Gasteiger partial charge in [-0.1, -0.05) is 103 Å². The second-order valence-electron chi connectivity index (χ2n) is 14.7. The van der Waals surface area contributed by atoms with E-state index in [-0.39, 0.29) is 22.8 Å². The molecule has 300 valence electrons. The predicted molar refractivity (Wildman–Crippen MR) is 201 cm³/mol. The number of halogens is 1. The standard InChI is InChI=1S/C39H54FN6O8P/c1-2-3-4-5-6-7-8-9-10-11-12-13-14-15-16-17-18-30(52-31-22-28(24-41)21-29(40)23-31)25-51-55(49,50)54-37-38(26-42)39(37,48)35(47)34(53-38)32-19-20-33-36(43)44-27-45-46(32)33/h19-23,27,30,34-35,37,47-48H,2-18,25H2,1H3,(H,49,50)(H2,43,44,45)/t30-,34-,35-,37?,38+,39+/m0/s1. The summed E-state index contributed by atoms with van der Waals surface area (Å²) < 4.78 is 51.1. The normalized spacial score (nSPS) is 24.5. The number of anilines is 1. The zero-order chi connectivity index (χ0) is 39.5. The summed E-state index contributed by atoms with van der Waals surface area (Å²) in [6, 6.07) is 10.3. The first kappa shape index (κ1) is 42.5. The molecule has 2 aromatic heterocycles. The molecule has 0 radical (unpaired) electrons. The van der Waals surface area contributed by atoms with Crippen LogP contribution in [0, 0.1) is 28.5 Å². The van der Waals surface area contributed by atoms with E-state index < -0.39 is 55.9 Å². The number of fused-ring (bicyclic) bond motifs is 2. The molecule has 1 saturated heterocycles. The zero-order valence-electron chi connectivity index (χ0n) is 31.5. The van der Waals surface area contributed by atoms with Crippen molar-refractivity contribution in [2.24, 2.45) is 0 Å². The number of aliphatic hydroxyl groups is 2. The minimum atomic E-state index is -5.00. The molecule has 1 aliphatic carbocycles. The molecule has 7 atom stereocenters. The molecular weight excluding hydrogens is 730 g/mol. The van der Waals surface area contributed by atoms with Gasteiger partial charge >= 0.3 is 7.82 Å². The molecule has 2 aliphatic rings. The Morgan fingerprint density at radius 2 is 1.62 bits per heavy atom. The molecule has 0 spiro atoms. The highest BCUT2D eigenvalue weighted by molar-refractivity contribution is 7.47. The smallest absolute Gasteiger partial charge is 0.472 e. The maximum atomic E-state index is 14.2. The van der Waals surface area contributed by atoms with Gasteiger partial charge in [0.15, 0.2) is 17.5 Å². The molecule has 5 rings (SSSR count). The van der Waals surface area contributed by atoms with Crippen molar-refractivity contribution in [1.29, 1.82) is 10.5 Å². The van der Waals surface area contributed by atoms with Crippen LogP contribution in [0.3, 0.4) is 0 Å². The van der Waals surface area contributed by atoms with Crippen molar-refractivity contribution in [3.63, 3.8) is 0 Å². The molecular formula is C39H54FN6O8P. The van der Waals surface area contributed by atoms with E-state index in [0.717, 1.165) is 37.8 Å². The first-order chi connectivity index (χ1) is 26.5. The number of hydrogen-bond donors (Lipinski definition) is 4. The van der Waals surface area contributed by atoms with E-state index in [9.17, 15) is 34.6 Å². The largest absolute Gasteiger partial charge is 0.488 e. The lowest BCUT2D eigenvalue weighted by Gasteiger charge is -2.24. The lowest BCUT2D eigenvalue weighted by molar-refractivity contribution is -0.0756. The fourth-order valence-corrected chi connectivity index (χ4v) is 8.50. The van der Waals surface area contributed by atoms with Crippen molar-refractivity contribution < 1.29 is 42.6 Å². The van der Waals surface area contributed by atoms with Crippen LogP contribution in [0.2, 0.25) is 0 Å². The van der Waals surface area contributed by atoms with Gasteiger partial charge in [-0.25, -0.2) is 18.5 Å². The molecule has 16 heteroatoms. The van der Waals surface area contributed by atoms with E-state index in [2.05, 4.69) is 17.0 Å². The van der Waals surface area contributed by atoms with Crippen LogP contribution in [0.25, 0.3) is 5.52 Å². The van der Waals surface area contributed by atoms with Gasteiger partial charge in [-0.2, -0.15) is 15.6 Å². The minimum Gasteiger partial charge on any atom is -0.488 e. The number of ether oxygens (including phenoxy) is 2. The Kier molecular flexibility index (Phi) is 15.0. The lowest BCUT2D eigenvalue weighted by Crippen LogP contribution is -2.35. The number of phosphoric ester groups is 1. The van der Waals surface area contributed by atoms with E-state index in [1.807, 2.05) is 6.07 Å². The van der Waals surface area contributed by atoms with Gasteiger partial charge in [-0.05, 0) is 37.1 Å². The highest BCUT2D eigenvalue weighted by Crippen LogP contribution is 2.68. The van der Waals surface area contributed by atoms with Gasteiger partial charge in [-0.15, -0.1) is 0 Å². The Labute approximate surface area is 322 Å². The Morgan fingerprint density at radius 1 is 1.00 bits per heavy atom. The van der Waals surface area contributed by atoms with Gasteiger partial charge in [-0.3, -0.25) is 9.05 Å². The number of nitriles is 2. The van der Waals surface area contributed by atoms with Crippen LogP contribution in [0.15, 0.2) is 36.7 Å². The third-order valence-corrected chi connectivity index (χ3v) is 11.6. The molecule has 1 saturated carbocycles. The summed E-state index contributed by atoms with van der Waals surface area (Å²) in [6.45, 7) is 1.77. The topological polar surface area (TPSA) is 218 Å². The van der Waals surface area contributed by atoms with E-state index in [1.165, 1.54) is 87.5 Å². The lowest BCUT2D eigenvalue weighted by atomic mass is 10.0. The average Bonchev–Trinajstić information content (AvgIpc) is 3.39. The average molecular weight is 785 g/mol. The fraction of sp³-hybridized carbons (Fsp3) is 0.641. The van der Waals surface area contributed by atoms with Gasteiger partial charge in [0.2, 0.25) is 5.60 Å². The molecule has 3 heterocycles. The molecule has 1 aliphatic heterocycles. The van der Waals surface area contributed by atoms with E-state index in [4.69, 9.17) is 24.3 Å². The third kappa shape index (κ3) is 10.2. The number of nitrogens with two attached hydrogens (primary N) is 1.